The van der Waals surface area contributed by atoms with Crippen molar-refractivity contribution in [1.29, 1.82) is 0 Å². The van der Waals surface area contributed by atoms with Gasteiger partial charge in [-0.1, -0.05) is 0 Å². The molecular formula is C16H24N6O. The first-order valence-corrected chi connectivity index (χ1v) is 7.88. The summed E-state index contributed by atoms with van der Waals surface area (Å²) in [6.07, 6.45) is 1.89. The average molecular weight is 316 g/mol. The van der Waals surface area contributed by atoms with Gasteiger partial charge in [0.15, 0.2) is 0 Å². The summed E-state index contributed by atoms with van der Waals surface area (Å²) < 4.78 is 5.70. The van der Waals surface area contributed by atoms with Crippen molar-refractivity contribution >= 4 is 5.82 Å². The quantitative estimate of drug-likeness (QED) is 0.921. The number of aryl methyl sites for hydroxylation is 2. The highest BCUT2D eigenvalue weighted by molar-refractivity contribution is 5.38. The number of ether oxygens (including phenoxy) is 1. The highest BCUT2D eigenvalue weighted by Crippen LogP contribution is 2.25. The molecule has 3 rings (SSSR count). The van der Waals surface area contributed by atoms with E-state index in [1.54, 1.807) is 0 Å². The molecule has 7 nitrogen and oxygen atoms in total. The smallest absolute Gasteiger partial charge is 0.150 e. The van der Waals surface area contributed by atoms with Crippen LogP contribution >= 0.6 is 0 Å². The van der Waals surface area contributed by atoms with Crippen molar-refractivity contribution in [3.63, 3.8) is 0 Å². The SMILES string of the molecule is Cc1cc(N(C)C)nc(C2COCCN2Cc2cn[nH]c2C)n1. The molecule has 0 spiro atoms. The number of aromatic amines is 1. The summed E-state index contributed by atoms with van der Waals surface area (Å²) in [5, 5.41) is 7.12. The monoisotopic (exact) mass is 316 g/mol. The van der Waals surface area contributed by atoms with Gasteiger partial charge in [0.25, 0.3) is 0 Å². The number of aromatic nitrogens is 4. The van der Waals surface area contributed by atoms with E-state index in [1.807, 2.05) is 45.1 Å². The predicted molar refractivity (Wildman–Crippen MR) is 88.4 cm³/mol. The van der Waals surface area contributed by atoms with E-state index in [4.69, 9.17) is 9.72 Å². The van der Waals surface area contributed by atoms with Crippen molar-refractivity contribution in [3.8, 4) is 0 Å². The zero-order valence-electron chi connectivity index (χ0n) is 14.2. The highest BCUT2D eigenvalue weighted by atomic mass is 16.5. The van der Waals surface area contributed by atoms with Gasteiger partial charge in [-0.25, -0.2) is 9.97 Å². The lowest BCUT2D eigenvalue weighted by Crippen LogP contribution is -2.40. The molecule has 7 heteroatoms. The van der Waals surface area contributed by atoms with Gasteiger partial charge >= 0.3 is 0 Å². The fourth-order valence-corrected chi connectivity index (χ4v) is 2.77. The van der Waals surface area contributed by atoms with Gasteiger partial charge in [0.1, 0.15) is 11.6 Å². The highest BCUT2D eigenvalue weighted by Gasteiger charge is 2.28. The van der Waals surface area contributed by atoms with Gasteiger partial charge in [-0.15, -0.1) is 0 Å². The molecule has 1 aliphatic rings. The molecule has 1 unspecified atom stereocenters. The maximum absolute atomic E-state index is 5.70. The van der Waals surface area contributed by atoms with E-state index in [0.29, 0.717) is 6.61 Å². The topological polar surface area (TPSA) is 70.2 Å². The Morgan fingerprint density at radius 2 is 2.17 bits per heavy atom. The first-order chi connectivity index (χ1) is 11.0. The largest absolute Gasteiger partial charge is 0.378 e. The van der Waals surface area contributed by atoms with Crippen molar-refractivity contribution < 1.29 is 4.74 Å². The standard InChI is InChI=1S/C16H24N6O/c1-11-7-15(21(3)4)19-16(18-11)14-10-23-6-5-22(14)9-13-8-17-20-12(13)2/h7-8,14H,5-6,9-10H2,1-4H3,(H,17,20). The molecule has 2 aromatic rings. The van der Waals surface area contributed by atoms with Gasteiger partial charge in [-0.05, 0) is 13.8 Å². The molecule has 1 aliphatic heterocycles. The number of rotatable bonds is 4. The van der Waals surface area contributed by atoms with Crippen molar-refractivity contribution in [2.24, 2.45) is 0 Å². The van der Waals surface area contributed by atoms with Crippen molar-refractivity contribution in [3.05, 3.63) is 35.0 Å². The van der Waals surface area contributed by atoms with Crippen LogP contribution in [0.4, 0.5) is 5.82 Å². The molecule has 2 aromatic heterocycles. The lowest BCUT2D eigenvalue weighted by atomic mass is 10.1. The summed E-state index contributed by atoms with van der Waals surface area (Å²) >= 11 is 0. The van der Waals surface area contributed by atoms with E-state index < -0.39 is 0 Å². The Morgan fingerprint density at radius 1 is 1.35 bits per heavy atom. The number of nitrogens with one attached hydrogen (secondary N) is 1. The molecule has 0 amide bonds. The number of H-pyrrole nitrogens is 1. The fourth-order valence-electron chi connectivity index (χ4n) is 2.77. The van der Waals surface area contributed by atoms with Gasteiger partial charge in [0.05, 0.1) is 25.5 Å². The molecule has 1 saturated heterocycles. The van der Waals surface area contributed by atoms with Crippen LogP contribution < -0.4 is 4.90 Å². The van der Waals surface area contributed by atoms with E-state index in [-0.39, 0.29) is 6.04 Å². The second-order valence-electron chi connectivity index (χ2n) is 6.20. The molecule has 0 aliphatic carbocycles. The molecule has 0 bridgehead atoms. The second kappa shape index (κ2) is 6.64. The molecule has 3 heterocycles. The Morgan fingerprint density at radius 3 is 2.87 bits per heavy atom. The Bertz CT molecular complexity index is 668. The molecule has 1 N–H and O–H groups in total. The molecule has 0 saturated carbocycles. The maximum atomic E-state index is 5.70. The molecular weight excluding hydrogens is 292 g/mol. The normalized spacial score (nSPS) is 19.0. The minimum absolute atomic E-state index is 0.0663. The first kappa shape index (κ1) is 15.9. The van der Waals surface area contributed by atoms with Gasteiger partial charge in [0, 0.05) is 50.2 Å². The Balaban J connectivity index is 1.88. The summed E-state index contributed by atoms with van der Waals surface area (Å²) in [6.45, 7) is 7.10. The summed E-state index contributed by atoms with van der Waals surface area (Å²) in [7, 11) is 3.99. The second-order valence-corrected chi connectivity index (χ2v) is 6.20. The summed E-state index contributed by atoms with van der Waals surface area (Å²) in [4.78, 5) is 13.8. The molecule has 23 heavy (non-hydrogen) atoms. The van der Waals surface area contributed by atoms with Crippen LogP contribution in [0.1, 0.15) is 28.8 Å². The van der Waals surface area contributed by atoms with E-state index in [9.17, 15) is 0 Å². The van der Waals surface area contributed by atoms with E-state index >= 15 is 0 Å². The van der Waals surface area contributed by atoms with Crippen molar-refractivity contribution in [1.82, 2.24) is 25.1 Å². The Kier molecular flexibility index (Phi) is 4.58. The first-order valence-electron chi connectivity index (χ1n) is 7.88. The molecule has 124 valence electrons. The zero-order valence-corrected chi connectivity index (χ0v) is 14.2. The zero-order chi connectivity index (χ0) is 16.4. The number of hydrogen-bond acceptors (Lipinski definition) is 6. The lowest BCUT2D eigenvalue weighted by molar-refractivity contribution is -0.0160. The van der Waals surface area contributed by atoms with Crippen LogP contribution in [-0.4, -0.2) is 58.9 Å². The third-order valence-corrected chi connectivity index (χ3v) is 4.16. The van der Waals surface area contributed by atoms with Crippen LogP contribution in [0.2, 0.25) is 0 Å². The summed E-state index contributed by atoms with van der Waals surface area (Å²) in [5.74, 6) is 1.76. The van der Waals surface area contributed by atoms with Crippen molar-refractivity contribution in [2.75, 3.05) is 38.8 Å². The van der Waals surface area contributed by atoms with E-state index in [2.05, 4.69) is 20.1 Å². The predicted octanol–water partition coefficient (Wildman–Crippen LogP) is 1.46. The van der Waals surface area contributed by atoms with Crippen LogP contribution in [0.5, 0.6) is 0 Å². The minimum atomic E-state index is 0.0663. The van der Waals surface area contributed by atoms with E-state index in [0.717, 1.165) is 42.7 Å². The van der Waals surface area contributed by atoms with Gasteiger partial charge in [0.2, 0.25) is 0 Å². The molecule has 1 fully saturated rings. The van der Waals surface area contributed by atoms with Crippen LogP contribution in [-0.2, 0) is 11.3 Å². The van der Waals surface area contributed by atoms with Gasteiger partial charge in [-0.2, -0.15) is 5.10 Å². The summed E-state index contributed by atoms with van der Waals surface area (Å²) in [5.41, 5.74) is 3.29. The third kappa shape index (κ3) is 3.51. The molecule has 0 radical (unpaired) electrons. The minimum Gasteiger partial charge on any atom is -0.378 e. The average Bonchev–Trinajstić information content (AvgIpc) is 2.92. The Labute approximate surface area is 136 Å². The Hall–Kier alpha value is -1.99. The molecule has 0 aromatic carbocycles. The van der Waals surface area contributed by atoms with Gasteiger partial charge < -0.3 is 9.64 Å². The van der Waals surface area contributed by atoms with Crippen LogP contribution in [0.25, 0.3) is 0 Å². The van der Waals surface area contributed by atoms with Crippen LogP contribution in [0.15, 0.2) is 12.3 Å². The van der Waals surface area contributed by atoms with Crippen LogP contribution in [0.3, 0.4) is 0 Å². The van der Waals surface area contributed by atoms with Crippen molar-refractivity contribution in [2.45, 2.75) is 26.4 Å². The maximum Gasteiger partial charge on any atom is 0.150 e. The van der Waals surface area contributed by atoms with E-state index in [1.165, 1.54) is 5.56 Å². The fraction of sp³-hybridized carbons (Fsp3) is 0.562. The number of morpholine rings is 1. The lowest BCUT2D eigenvalue weighted by Gasteiger charge is -2.34. The molecule has 1 atom stereocenters. The summed E-state index contributed by atoms with van der Waals surface area (Å²) in [6, 6.07) is 2.06. The number of nitrogens with zero attached hydrogens (tertiary/aromatic N) is 5. The van der Waals surface area contributed by atoms with Crippen LogP contribution in [0, 0.1) is 13.8 Å². The van der Waals surface area contributed by atoms with Gasteiger partial charge in [-0.3, -0.25) is 10.00 Å². The number of hydrogen-bond donors (Lipinski definition) is 1. The third-order valence-electron chi connectivity index (χ3n) is 4.16. The number of anilines is 1.